The Balaban J connectivity index is 1.69. The molecule has 3 rings (SSSR count). The molecule has 1 aromatic carbocycles. The number of carbonyl (C=O) groups is 2. The number of anilines is 1. The summed E-state index contributed by atoms with van der Waals surface area (Å²) >= 11 is 0. The van der Waals surface area contributed by atoms with Crippen molar-refractivity contribution in [2.75, 3.05) is 25.5 Å². The highest BCUT2D eigenvalue weighted by Gasteiger charge is 2.57. The summed E-state index contributed by atoms with van der Waals surface area (Å²) in [5, 5.41) is 6.29. The van der Waals surface area contributed by atoms with Crippen molar-refractivity contribution in [3.05, 3.63) is 29.3 Å². The number of piperidine rings is 1. The summed E-state index contributed by atoms with van der Waals surface area (Å²) in [5.74, 6) is -0.200. The zero-order valence-electron chi connectivity index (χ0n) is 13.1. The van der Waals surface area contributed by atoms with E-state index in [0.29, 0.717) is 11.3 Å². The van der Waals surface area contributed by atoms with E-state index in [1.807, 2.05) is 19.1 Å². The van der Waals surface area contributed by atoms with E-state index >= 15 is 0 Å². The van der Waals surface area contributed by atoms with Gasteiger partial charge in [-0.1, -0.05) is 6.07 Å². The highest BCUT2D eigenvalue weighted by atomic mass is 16.5. The van der Waals surface area contributed by atoms with Crippen molar-refractivity contribution in [1.82, 2.24) is 5.32 Å². The molecule has 0 bridgehead atoms. The summed E-state index contributed by atoms with van der Waals surface area (Å²) < 4.78 is 4.77. The first kappa shape index (κ1) is 15.0. The number of methoxy groups -OCH3 is 1. The van der Waals surface area contributed by atoms with Crippen LogP contribution < -0.4 is 10.6 Å². The lowest BCUT2D eigenvalue weighted by Gasteiger charge is -2.23. The monoisotopic (exact) mass is 302 g/mol. The molecular formula is C17H22N2O3. The van der Waals surface area contributed by atoms with E-state index in [1.165, 1.54) is 7.11 Å². The van der Waals surface area contributed by atoms with Crippen LogP contribution in [0.1, 0.15) is 35.2 Å². The highest BCUT2D eigenvalue weighted by Crippen LogP contribution is 2.58. The maximum absolute atomic E-state index is 12.4. The van der Waals surface area contributed by atoms with Crippen LogP contribution in [0.3, 0.4) is 0 Å². The van der Waals surface area contributed by atoms with Gasteiger partial charge in [0.25, 0.3) is 0 Å². The van der Waals surface area contributed by atoms with E-state index in [4.69, 9.17) is 4.74 Å². The Hall–Kier alpha value is -1.88. The molecule has 5 nitrogen and oxygen atoms in total. The fourth-order valence-corrected chi connectivity index (χ4v) is 3.45. The SMILES string of the molecule is COC(=O)c1cc(NC(=O)C2CC23CCNCC3)ccc1C. The Morgan fingerprint density at radius 3 is 2.73 bits per heavy atom. The quantitative estimate of drug-likeness (QED) is 0.839. The number of hydrogen-bond acceptors (Lipinski definition) is 4. The van der Waals surface area contributed by atoms with Gasteiger partial charge in [-0.25, -0.2) is 4.79 Å². The van der Waals surface area contributed by atoms with E-state index in [1.54, 1.807) is 6.07 Å². The van der Waals surface area contributed by atoms with Crippen molar-refractivity contribution in [2.24, 2.45) is 11.3 Å². The van der Waals surface area contributed by atoms with Crippen molar-refractivity contribution >= 4 is 17.6 Å². The van der Waals surface area contributed by atoms with Gasteiger partial charge in [0.15, 0.2) is 0 Å². The molecule has 1 saturated heterocycles. The number of carbonyl (C=O) groups excluding carboxylic acids is 2. The molecule has 1 saturated carbocycles. The molecule has 1 amide bonds. The fraction of sp³-hybridized carbons (Fsp3) is 0.529. The smallest absolute Gasteiger partial charge is 0.338 e. The van der Waals surface area contributed by atoms with E-state index in [2.05, 4.69) is 10.6 Å². The lowest BCUT2D eigenvalue weighted by atomic mass is 9.92. The van der Waals surface area contributed by atoms with Gasteiger partial charge < -0.3 is 15.4 Å². The molecule has 118 valence electrons. The van der Waals surface area contributed by atoms with Crippen molar-refractivity contribution < 1.29 is 14.3 Å². The Morgan fingerprint density at radius 2 is 2.05 bits per heavy atom. The van der Waals surface area contributed by atoms with Crippen LogP contribution in [0.2, 0.25) is 0 Å². The third kappa shape index (κ3) is 2.73. The second-order valence-electron chi connectivity index (χ2n) is 6.38. The molecule has 1 spiro atoms. The second-order valence-corrected chi connectivity index (χ2v) is 6.38. The second kappa shape index (κ2) is 5.72. The molecule has 2 aliphatic rings. The fourth-order valence-electron chi connectivity index (χ4n) is 3.45. The van der Waals surface area contributed by atoms with Crippen LogP contribution >= 0.6 is 0 Å². The largest absolute Gasteiger partial charge is 0.465 e. The number of aryl methyl sites for hydroxylation is 1. The molecule has 1 heterocycles. The molecule has 1 atom stereocenters. The van der Waals surface area contributed by atoms with E-state index in [0.717, 1.165) is 37.9 Å². The normalized spacial score (nSPS) is 22.2. The maximum Gasteiger partial charge on any atom is 0.338 e. The number of ether oxygens (including phenoxy) is 1. The van der Waals surface area contributed by atoms with Gasteiger partial charge in [-0.2, -0.15) is 0 Å². The van der Waals surface area contributed by atoms with Crippen LogP contribution in [0, 0.1) is 18.3 Å². The maximum atomic E-state index is 12.4. The molecule has 0 radical (unpaired) electrons. The van der Waals surface area contributed by atoms with Crippen LogP contribution in [-0.4, -0.2) is 32.1 Å². The summed E-state index contributed by atoms with van der Waals surface area (Å²) in [6.07, 6.45) is 3.13. The Labute approximate surface area is 130 Å². The minimum absolute atomic E-state index is 0.0709. The van der Waals surface area contributed by atoms with Crippen molar-refractivity contribution in [1.29, 1.82) is 0 Å². The third-order valence-electron chi connectivity index (χ3n) is 5.02. The Kier molecular flexibility index (Phi) is 3.91. The summed E-state index contributed by atoms with van der Waals surface area (Å²) in [5.41, 5.74) is 2.20. The first-order valence-corrected chi connectivity index (χ1v) is 7.76. The van der Waals surface area contributed by atoms with Crippen LogP contribution in [-0.2, 0) is 9.53 Å². The summed E-state index contributed by atoms with van der Waals surface area (Å²) in [6, 6.07) is 5.35. The minimum Gasteiger partial charge on any atom is -0.465 e. The molecule has 1 unspecified atom stereocenters. The molecule has 5 heteroatoms. The number of amides is 1. The summed E-state index contributed by atoms with van der Waals surface area (Å²) in [4.78, 5) is 24.2. The summed E-state index contributed by atoms with van der Waals surface area (Å²) in [7, 11) is 1.36. The number of nitrogens with one attached hydrogen (secondary N) is 2. The lowest BCUT2D eigenvalue weighted by Crippen LogP contribution is -2.31. The topological polar surface area (TPSA) is 67.4 Å². The molecule has 1 aliphatic carbocycles. The molecule has 2 N–H and O–H groups in total. The van der Waals surface area contributed by atoms with Crippen molar-refractivity contribution in [3.63, 3.8) is 0 Å². The van der Waals surface area contributed by atoms with Gasteiger partial charge in [-0.05, 0) is 62.4 Å². The van der Waals surface area contributed by atoms with Crippen molar-refractivity contribution in [2.45, 2.75) is 26.2 Å². The first-order chi connectivity index (χ1) is 10.6. The highest BCUT2D eigenvalue weighted by molar-refractivity contribution is 5.97. The predicted molar refractivity (Wildman–Crippen MR) is 83.8 cm³/mol. The molecular weight excluding hydrogens is 280 g/mol. The van der Waals surface area contributed by atoms with Crippen LogP contribution in [0.5, 0.6) is 0 Å². The first-order valence-electron chi connectivity index (χ1n) is 7.76. The standard InChI is InChI=1S/C17H22N2O3/c1-11-3-4-12(9-13(11)16(21)22-2)19-15(20)14-10-17(14)5-7-18-8-6-17/h3-4,9,14,18H,5-8,10H2,1-2H3,(H,19,20). The number of rotatable bonds is 3. The van der Waals surface area contributed by atoms with E-state index in [9.17, 15) is 9.59 Å². The third-order valence-corrected chi connectivity index (χ3v) is 5.02. The van der Waals surface area contributed by atoms with Gasteiger partial charge in [-0.15, -0.1) is 0 Å². The van der Waals surface area contributed by atoms with Gasteiger partial charge in [0.05, 0.1) is 12.7 Å². The molecule has 1 aromatic rings. The van der Waals surface area contributed by atoms with Gasteiger partial charge in [-0.3, -0.25) is 4.79 Å². The zero-order valence-corrected chi connectivity index (χ0v) is 13.1. The van der Waals surface area contributed by atoms with Crippen LogP contribution in [0.4, 0.5) is 5.69 Å². The predicted octanol–water partition coefficient (Wildman–Crippen LogP) is 2.11. The van der Waals surface area contributed by atoms with Crippen LogP contribution in [0.15, 0.2) is 18.2 Å². The Bertz CT molecular complexity index is 606. The van der Waals surface area contributed by atoms with E-state index in [-0.39, 0.29) is 23.2 Å². The van der Waals surface area contributed by atoms with Crippen LogP contribution in [0.25, 0.3) is 0 Å². The summed E-state index contributed by atoms with van der Waals surface area (Å²) in [6.45, 7) is 3.85. The van der Waals surface area contributed by atoms with Crippen molar-refractivity contribution in [3.8, 4) is 0 Å². The number of benzene rings is 1. The molecule has 22 heavy (non-hydrogen) atoms. The molecule has 0 aromatic heterocycles. The van der Waals surface area contributed by atoms with Gasteiger partial charge >= 0.3 is 5.97 Å². The molecule has 1 aliphatic heterocycles. The lowest BCUT2D eigenvalue weighted by molar-refractivity contribution is -0.118. The minimum atomic E-state index is -0.380. The number of esters is 1. The average molecular weight is 302 g/mol. The zero-order chi connectivity index (χ0) is 15.7. The average Bonchev–Trinajstić information content (AvgIpc) is 3.22. The van der Waals surface area contributed by atoms with Gasteiger partial charge in [0, 0.05) is 11.6 Å². The Morgan fingerprint density at radius 1 is 1.32 bits per heavy atom. The van der Waals surface area contributed by atoms with E-state index < -0.39 is 0 Å². The van der Waals surface area contributed by atoms with Gasteiger partial charge in [0.2, 0.25) is 5.91 Å². The van der Waals surface area contributed by atoms with Gasteiger partial charge in [0.1, 0.15) is 0 Å². The number of hydrogen-bond donors (Lipinski definition) is 2. The molecule has 2 fully saturated rings.